The van der Waals surface area contributed by atoms with Gasteiger partial charge in [-0.3, -0.25) is 14.4 Å². The van der Waals surface area contributed by atoms with E-state index in [1.54, 1.807) is 12.1 Å². The summed E-state index contributed by atoms with van der Waals surface area (Å²) in [6, 6.07) is 6.24. The van der Waals surface area contributed by atoms with Crippen LogP contribution in [0.2, 0.25) is 0 Å². The van der Waals surface area contributed by atoms with Gasteiger partial charge in [0.1, 0.15) is 0 Å². The van der Waals surface area contributed by atoms with Gasteiger partial charge in [-0.1, -0.05) is 17.2 Å². The van der Waals surface area contributed by atoms with E-state index in [0.717, 1.165) is 0 Å². The number of benzene rings is 1. The van der Waals surface area contributed by atoms with Crippen molar-refractivity contribution in [2.75, 3.05) is 0 Å². The van der Waals surface area contributed by atoms with Crippen LogP contribution in [-0.4, -0.2) is 28.8 Å². The fourth-order valence-electron chi connectivity index (χ4n) is 1.97. The summed E-state index contributed by atoms with van der Waals surface area (Å²) >= 11 is 0. The van der Waals surface area contributed by atoms with E-state index in [-0.39, 0.29) is 24.0 Å². The molecule has 2 rings (SSSR count). The van der Waals surface area contributed by atoms with Crippen molar-refractivity contribution in [1.29, 1.82) is 0 Å². The van der Waals surface area contributed by atoms with Crippen LogP contribution in [-0.2, 0) is 14.4 Å². The minimum absolute atomic E-state index is 0.000680. The maximum atomic E-state index is 11.9. The van der Waals surface area contributed by atoms with Crippen LogP contribution >= 0.6 is 0 Å². The van der Waals surface area contributed by atoms with Crippen LogP contribution in [0, 0.1) is 0 Å². The highest BCUT2D eigenvalue weighted by Crippen LogP contribution is 2.22. The molecule has 1 aromatic carbocycles. The molecule has 0 spiro atoms. The number of imide groups is 1. The first-order chi connectivity index (χ1) is 10.0. The van der Waals surface area contributed by atoms with Crippen LogP contribution in [0.1, 0.15) is 46.4 Å². The number of hydrogen-bond acceptors (Lipinski definition) is 5. The molecule has 7 heteroatoms. The van der Waals surface area contributed by atoms with E-state index in [0.29, 0.717) is 17.9 Å². The summed E-state index contributed by atoms with van der Waals surface area (Å²) in [5.41, 5.74) is 5.40. The Bertz CT molecular complexity index is 576. The number of primary amides is 1. The van der Waals surface area contributed by atoms with Crippen LogP contribution in [0.15, 0.2) is 24.3 Å². The second-order valence-corrected chi connectivity index (χ2v) is 4.59. The van der Waals surface area contributed by atoms with Crippen molar-refractivity contribution in [3.05, 3.63) is 35.4 Å². The van der Waals surface area contributed by atoms with E-state index >= 15 is 0 Å². The van der Waals surface area contributed by atoms with Gasteiger partial charge in [-0.05, 0) is 25.0 Å². The molecule has 1 heterocycles. The maximum absolute atomic E-state index is 11.9. The molecule has 0 aromatic heterocycles. The van der Waals surface area contributed by atoms with E-state index < -0.39 is 23.7 Å². The van der Waals surface area contributed by atoms with Crippen LogP contribution in [0.25, 0.3) is 0 Å². The van der Waals surface area contributed by atoms with Gasteiger partial charge < -0.3 is 10.6 Å². The molecule has 0 bridgehead atoms. The van der Waals surface area contributed by atoms with Gasteiger partial charge in [0.05, 0.1) is 11.1 Å². The highest BCUT2D eigenvalue weighted by atomic mass is 16.7. The number of carbonyl (C=O) groups is 4. The molecular formula is C14H14N2O5. The molecule has 2 N–H and O–H groups in total. The summed E-state index contributed by atoms with van der Waals surface area (Å²) in [5, 5.41) is 0.473. The molecule has 0 radical (unpaired) electrons. The standard InChI is InChI=1S/C14H14N2O5/c15-11(17)7-3-4-8-12(18)21-16-13(19)9-5-1-2-6-10(9)14(16)20/h1-2,5-6H,3-4,7-8H2,(H2,15,17). The zero-order chi connectivity index (χ0) is 15.4. The Balaban J connectivity index is 1.90. The van der Waals surface area contributed by atoms with Crippen molar-refractivity contribution in [2.45, 2.75) is 25.7 Å². The first-order valence-electron chi connectivity index (χ1n) is 6.47. The molecule has 0 fully saturated rings. The summed E-state index contributed by atoms with van der Waals surface area (Å²) in [5.74, 6) is -2.44. The summed E-state index contributed by atoms with van der Waals surface area (Å²) in [7, 11) is 0. The maximum Gasteiger partial charge on any atom is 0.333 e. The highest BCUT2D eigenvalue weighted by Gasteiger charge is 2.38. The molecule has 1 aliphatic rings. The summed E-state index contributed by atoms with van der Waals surface area (Å²) in [6.45, 7) is 0. The Morgan fingerprint density at radius 2 is 1.52 bits per heavy atom. The smallest absolute Gasteiger partial charge is 0.333 e. The fourth-order valence-corrected chi connectivity index (χ4v) is 1.97. The molecule has 110 valence electrons. The minimum Gasteiger partial charge on any atom is -0.370 e. The number of nitrogens with two attached hydrogens (primary N) is 1. The average molecular weight is 290 g/mol. The lowest BCUT2D eigenvalue weighted by Gasteiger charge is -2.12. The second-order valence-electron chi connectivity index (χ2n) is 4.59. The molecule has 0 saturated heterocycles. The van der Waals surface area contributed by atoms with Crippen LogP contribution in [0.5, 0.6) is 0 Å². The van der Waals surface area contributed by atoms with Crippen LogP contribution < -0.4 is 5.73 Å². The van der Waals surface area contributed by atoms with Gasteiger partial charge in [0.15, 0.2) is 0 Å². The van der Waals surface area contributed by atoms with E-state index in [1.165, 1.54) is 12.1 Å². The number of hydrogen-bond donors (Lipinski definition) is 1. The Kier molecular flexibility index (Phi) is 4.32. The number of carbonyl (C=O) groups excluding carboxylic acids is 4. The molecule has 0 atom stereocenters. The summed E-state index contributed by atoms with van der Waals surface area (Å²) in [4.78, 5) is 50.8. The van der Waals surface area contributed by atoms with Crippen molar-refractivity contribution in [3.8, 4) is 0 Å². The molecule has 0 saturated carbocycles. The number of fused-ring (bicyclic) bond motifs is 1. The molecule has 3 amide bonds. The third-order valence-electron chi connectivity index (χ3n) is 3.00. The number of nitrogens with zero attached hydrogens (tertiary/aromatic N) is 1. The Labute approximate surface area is 120 Å². The molecule has 0 unspecified atom stereocenters. The lowest BCUT2D eigenvalue weighted by atomic mass is 10.1. The monoisotopic (exact) mass is 290 g/mol. The number of hydroxylamine groups is 2. The van der Waals surface area contributed by atoms with Crippen molar-refractivity contribution >= 4 is 23.7 Å². The lowest BCUT2D eigenvalue weighted by molar-refractivity contribution is -0.168. The number of amides is 3. The van der Waals surface area contributed by atoms with Gasteiger partial charge in [-0.25, -0.2) is 4.79 Å². The van der Waals surface area contributed by atoms with Gasteiger partial charge in [0, 0.05) is 12.8 Å². The molecule has 1 aliphatic heterocycles. The Morgan fingerprint density at radius 3 is 2.05 bits per heavy atom. The lowest BCUT2D eigenvalue weighted by Crippen LogP contribution is -2.32. The summed E-state index contributed by atoms with van der Waals surface area (Å²) < 4.78 is 0. The van der Waals surface area contributed by atoms with Gasteiger partial charge in [0.25, 0.3) is 11.8 Å². The molecule has 21 heavy (non-hydrogen) atoms. The fraction of sp³-hybridized carbons (Fsp3) is 0.286. The quantitative estimate of drug-likeness (QED) is 0.615. The van der Waals surface area contributed by atoms with Crippen molar-refractivity contribution in [3.63, 3.8) is 0 Å². The highest BCUT2D eigenvalue weighted by molar-refractivity contribution is 6.20. The van der Waals surface area contributed by atoms with Gasteiger partial charge in [0.2, 0.25) is 5.91 Å². The Hall–Kier alpha value is -2.70. The number of unbranched alkanes of at least 4 members (excludes halogenated alkanes) is 1. The molecule has 1 aromatic rings. The van der Waals surface area contributed by atoms with Crippen LogP contribution in [0.4, 0.5) is 0 Å². The Morgan fingerprint density at radius 1 is 1.00 bits per heavy atom. The third-order valence-corrected chi connectivity index (χ3v) is 3.00. The third kappa shape index (κ3) is 3.25. The second kappa shape index (κ2) is 6.17. The normalized spacial score (nSPS) is 13.2. The number of rotatable bonds is 6. The van der Waals surface area contributed by atoms with Gasteiger partial charge in [-0.2, -0.15) is 0 Å². The van der Waals surface area contributed by atoms with Crippen LogP contribution in [0.3, 0.4) is 0 Å². The predicted octanol–water partition coefficient (Wildman–Crippen LogP) is 0.786. The van der Waals surface area contributed by atoms with Crippen molar-refractivity contribution < 1.29 is 24.0 Å². The predicted molar refractivity (Wildman–Crippen MR) is 70.7 cm³/mol. The molecular weight excluding hydrogens is 276 g/mol. The molecule has 7 nitrogen and oxygen atoms in total. The van der Waals surface area contributed by atoms with E-state index in [4.69, 9.17) is 10.6 Å². The first kappa shape index (κ1) is 14.7. The van der Waals surface area contributed by atoms with E-state index in [2.05, 4.69) is 0 Å². The molecule has 0 aliphatic carbocycles. The topological polar surface area (TPSA) is 107 Å². The largest absolute Gasteiger partial charge is 0.370 e. The van der Waals surface area contributed by atoms with E-state index in [9.17, 15) is 19.2 Å². The zero-order valence-corrected chi connectivity index (χ0v) is 11.2. The summed E-state index contributed by atoms with van der Waals surface area (Å²) in [6.07, 6.45) is 1.03. The average Bonchev–Trinajstić information content (AvgIpc) is 2.69. The SMILES string of the molecule is NC(=O)CCCCC(=O)ON1C(=O)c2ccccc2C1=O. The first-order valence-corrected chi connectivity index (χ1v) is 6.47. The van der Waals surface area contributed by atoms with E-state index in [1.807, 2.05) is 0 Å². The van der Waals surface area contributed by atoms with Crippen molar-refractivity contribution in [2.24, 2.45) is 5.73 Å². The van der Waals surface area contributed by atoms with Crippen molar-refractivity contribution in [1.82, 2.24) is 5.06 Å². The zero-order valence-electron chi connectivity index (χ0n) is 11.2. The minimum atomic E-state index is -0.700. The van der Waals surface area contributed by atoms with Gasteiger partial charge >= 0.3 is 5.97 Å². The van der Waals surface area contributed by atoms with Gasteiger partial charge in [-0.15, -0.1) is 0 Å².